The molecule has 26 heavy (non-hydrogen) atoms. The van der Waals surface area contributed by atoms with Crippen LogP contribution in [0.5, 0.6) is 0 Å². The number of hydrogen-bond donors (Lipinski definition) is 0. The number of aryl methyl sites for hydroxylation is 2. The van der Waals surface area contributed by atoms with Crippen molar-refractivity contribution in [3.63, 3.8) is 0 Å². The normalized spacial score (nSPS) is 10.9. The van der Waals surface area contributed by atoms with E-state index in [4.69, 9.17) is 0 Å². The van der Waals surface area contributed by atoms with Crippen LogP contribution in [0.4, 0.5) is 5.69 Å². The molecule has 0 bridgehead atoms. The Kier molecular flexibility index (Phi) is 5.16. The maximum absolute atomic E-state index is 13.0. The predicted molar refractivity (Wildman–Crippen MR) is 105 cm³/mol. The van der Waals surface area contributed by atoms with Crippen LogP contribution in [0.1, 0.15) is 25.2 Å². The van der Waals surface area contributed by atoms with E-state index < -0.39 is 0 Å². The number of nitrogens with zero attached hydrogens (tertiary/aromatic N) is 3. The summed E-state index contributed by atoms with van der Waals surface area (Å²) >= 11 is 0. The minimum atomic E-state index is -0.166. The molecule has 3 aromatic rings. The third-order valence-corrected chi connectivity index (χ3v) is 4.48. The number of anilines is 1. The van der Waals surface area contributed by atoms with Gasteiger partial charge in [0, 0.05) is 18.7 Å². The van der Waals surface area contributed by atoms with E-state index in [1.165, 1.54) is 4.57 Å². The van der Waals surface area contributed by atoms with Crippen molar-refractivity contribution in [1.29, 1.82) is 0 Å². The van der Waals surface area contributed by atoms with Crippen LogP contribution in [0, 0.1) is 6.92 Å². The predicted octanol–water partition coefficient (Wildman–Crippen LogP) is 3.32. The fourth-order valence-electron chi connectivity index (χ4n) is 3.17. The van der Waals surface area contributed by atoms with Gasteiger partial charge < -0.3 is 4.90 Å². The first-order valence-electron chi connectivity index (χ1n) is 8.90. The molecule has 5 heteroatoms. The van der Waals surface area contributed by atoms with Gasteiger partial charge in [-0.3, -0.25) is 14.2 Å². The lowest BCUT2D eigenvalue weighted by atomic mass is 10.2. The summed E-state index contributed by atoms with van der Waals surface area (Å²) in [6, 6.07) is 15.1. The summed E-state index contributed by atoms with van der Waals surface area (Å²) in [7, 11) is 0. The van der Waals surface area contributed by atoms with Gasteiger partial charge in [0.25, 0.3) is 5.56 Å². The highest BCUT2D eigenvalue weighted by Gasteiger charge is 2.18. The highest BCUT2D eigenvalue weighted by molar-refractivity contribution is 5.93. The summed E-state index contributed by atoms with van der Waals surface area (Å²) in [5.74, 6) is 0.509. The Bertz CT molecular complexity index is 1010. The van der Waals surface area contributed by atoms with Crippen LogP contribution in [0.3, 0.4) is 0 Å². The van der Waals surface area contributed by atoms with Crippen molar-refractivity contribution in [2.75, 3.05) is 11.4 Å². The van der Waals surface area contributed by atoms with Gasteiger partial charge in [0.1, 0.15) is 12.4 Å². The molecule has 0 saturated carbocycles. The average molecular weight is 349 g/mol. The number of para-hydroxylation sites is 1. The largest absolute Gasteiger partial charge is 0.311 e. The fourth-order valence-corrected chi connectivity index (χ4v) is 3.17. The Morgan fingerprint density at radius 1 is 1.12 bits per heavy atom. The van der Waals surface area contributed by atoms with Crippen LogP contribution in [-0.4, -0.2) is 22.0 Å². The van der Waals surface area contributed by atoms with Gasteiger partial charge in [-0.15, -0.1) is 0 Å². The summed E-state index contributed by atoms with van der Waals surface area (Å²) < 4.78 is 1.50. The number of carbonyl (C=O) groups is 1. The number of carbonyl (C=O) groups excluding carboxylic acids is 1. The number of rotatable bonds is 5. The van der Waals surface area contributed by atoms with Gasteiger partial charge in [-0.1, -0.05) is 31.2 Å². The van der Waals surface area contributed by atoms with Crippen molar-refractivity contribution in [3.8, 4) is 0 Å². The molecule has 0 N–H and O–H groups in total. The monoisotopic (exact) mass is 349 g/mol. The lowest BCUT2D eigenvalue weighted by Crippen LogP contribution is -2.38. The molecule has 0 unspecified atom stereocenters. The first-order valence-corrected chi connectivity index (χ1v) is 8.90. The lowest BCUT2D eigenvalue weighted by molar-refractivity contribution is -0.119. The van der Waals surface area contributed by atoms with E-state index in [0.717, 1.165) is 11.3 Å². The summed E-state index contributed by atoms with van der Waals surface area (Å²) in [4.78, 5) is 32.1. The van der Waals surface area contributed by atoms with Crippen LogP contribution in [-0.2, 0) is 17.8 Å². The fraction of sp³-hybridized carbons (Fsp3) is 0.286. The Morgan fingerprint density at radius 2 is 1.88 bits per heavy atom. The minimum Gasteiger partial charge on any atom is -0.311 e. The van der Waals surface area contributed by atoms with Crippen molar-refractivity contribution < 1.29 is 4.79 Å². The summed E-state index contributed by atoms with van der Waals surface area (Å²) in [6.45, 7) is 6.40. The summed E-state index contributed by atoms with van der Waals surface area (Å²) in [5.41, 5.74) is 2.44. The van der Waals surface area contributed by atoms with Crippen LogP contribution >= 0.6 is 0 Å². The SMILES string of the molecule is CCc1nc2ccccc2c(=O)n1CC(=O)N(CC)c1cccc(C)c1. The number of amides is 1. The number of benzene rings is 2. The molecule has 5 nitrogen and oxygen atoms in total. The summed E-state index contributed by atoms with van der Waals surface area (Å²) in [5, 5.41) is 0.538. The smallest absolute Gasteiger partial charge is 0.261 e. The van der Waals surface area contributed by atoms with Crippen molar-refractivity contribution in [1.82, 2.24) is 9.55 Å². The van der Waals surface area contributed by atoms with Crippen molar-refractivity contribution in [2.45, 2.75) is 33.7 Å². The van der Waals surface area contributed by atoms with Gasteiger partial charge in [-0.25, -0.2) is 4.98 Å². The van der Waals surface area contributed by atoms with Crippen molar-refractivity contribution in [3.05, 3.63) is 70.3 Å². The van der Waals surface area contributed by atoms with Crippen LogP contribution in [0.25, 0.3) is 10.9 Å². The molecule has 0 aliphatic carbocycles. The van der Waals surface area contributed by atoms with Crippen LogP contribution in [0.2, 0.25) is 0 Å². The molecule has 1 aromatic heterocycles. The van der Waals surface area contributed by atoms with Crippen LogP contribution < -0.4 is 10.5 Å². The maximum atomic E-state index is 13.0. The zero-order chi connectivity index (χ0) is 18.7. The van der Waals surface area contributed by atoms with E-state index in [0.29, 0.717) is 29.7 Å². The van der Waals surface area contributed by atoms with E-state index >= 15 is 0 Å². The van der Waals surface area contributed by atoms with Crippen molar-refractivity contribution >= 4 is 22.5 Å². The number of hydrogen-bond acceptors (Lipinski definition) is 3. The Hall–Kier alpha value is -2.95. The first kappa shape index (κ1) is 17.9. The molecular weight excluding hydrogens is 326 g/mol. The second-order valence-electron chi connectivity index (χ2n) is 6.27. The third-order valence-electron chi connectivity index (χ3n) is 4.48. The molecule has 1 heterocycles. The first-order chi connectivity index (χ1) is 12.5. The second-order valence-corrected chi connectivity index (χ2v) is 6.27. The molecule has 0 fully saturated rings. The van der Waals surface area contributed by atoms with Gasteiger partial charge in [-0.05, 0) is 43.7 Å². The molecule has 134 valence electrons. The molecule has 0 aliphatic rings. The Balaban J connectivity index is 2.00. The van der Waals surface area contributed by atoms with Gasteiger partial charge in [-0.2, -0.15) is 0 Å². The minimum absolute atomic E-state index is 0.0123. The molecule has 3 rings (SSSR count). The van der Waals surface area contributed by atoms with E-state index in [1.54, 1.807) is 11.0 Å². The highest BCUT2D eigenvalue weighted by atomic mass is 16.2. The standard InChI is InChI=1S/C21H23N3O2/c1-4-19-22-18-12-7-6-11-17(18)21(26)24(19)14-20(25)23(5-2)16-10-8-9-15(3)13-16/h6-13H,4-5,14H2,1-3H3. The second kappa shape index (κ2) is 7.52. The summed E-state index contributed by atoms with van der Waals surface area (Å²) in [6.07, 6.45) is 0.587. The number of aromatic nitrogens is 2. The maximum Gasteiger partial charge on any atom is 0.261 e. The Labute approximate surface area is 152 Å². The topological polar surface area (TPSA) is 55.2 Å². The average Bonchev–Trinajstić information content (AvgIpc) is 2.64. The lowest BCUT2D eigenvalue weighted by Gasteiger charge is -2.22. The molecule has 2 aromatic carbocycles. The van der Waals surface area contributed by atoms with E-state index in [1.807, 2.05) is 63.2 Å². The van der Waals surface area contributed by atoms with Gasteiger partial charge in [0.15, 0.2) is 0 Å². The van der Waals surface area contributed by atoms with E-state index in [-0.39, 0.29) is 18.0 Å². The molecule has 0 saturated heterocycles. The van der Waals surface area contributed by atoms with E-state index in [9.17, 15) is 9.59 Å². The quantitative estimate of drug-likeness (QED) is 0.710. The zero-order valence-electron chi connectivity index (χ0n) is 15.4. The molecule has 0 radical (unpaired) electrons. The van der Waals surface area contributed by atoms with Gasteiger partial charge in [0.05, 0.1) is 10.9 Å². The molecular formula is C21H23N3O2. The van der Waals surface area contributed by atoms with Gasteiger partial charge >= 0.3 is 0 Å². The Morgan fingerprint density at radius 3 is 2.58 bits per heavy atom. The molecule has 0 aliphatic heterocycles. The molecule has 0 atom stereocenters. The van der Waals surface area contributed by atoms with Crippen LogP contribution in [0.15, 0.2) is 53.3 Å². The van der Waals surface area contributed by atoms with Gasteiger partial charge in [0.2, 0.25) is 5.91 Å². The number of likely N-dealkylation sites (N-methyl/N-ethyl adjacent to an activating group) is 1. The zero-order valence-corrected chi connectivity index (χ0v) is 15.4. The third kappa shape index (κ3) is 3.38. The van der Waals surface area contributed by atoms with Crippen molar-refractivity contribution in [2.24, 2.45) is 0 Å². The highest BCUT2D eigenvalue weighted by Crippen LogP contribution is 2.17. The number of fused-ring (bicyclic) bond motifs is 1. The molecule has 0 spiro atoms. The van der Waals surface area contributed by atoms with E-state index in [2.05, 4.69) is 4.98 Å². The molecule has 1 amide bonds.